The zero-order valence-electron chi connectivity index (χ0n) is 31.6. The molecule has 4 N–H and O–H groups in total. The summed E-state index contributed by atoms with van der Waals surface area (Å²) in [5, 5.41) is 18.1. The number of rotatable bonds is 20. The second kappa shape index (κ2) is 20.2. The van der Waals surface area contributed by atoms with E-state index in [0.717, 1.165) is 35.1 Å². The van der Waals surface area contributed by atoms with E-state index in [2.05, 4.69) is 29.1 Å². The molecule has 1 fully saturated rings. The van der Waals surface area contributed by atoms with E-state index in [1.165, 1.54) is 6.08 Å². The molecule has 0 saturated heterocycles. The van der Waals surface area contributed by atoms with Crippen LogP contribution >= 0.6 is 0 Å². The van der Waals surface area contributed by atoms with Crippen molar-refractivity contribution < 1.29 is 43.3 Å². The van der Waals surface area contributed by atoms with Crippen LogP contribution in [0, 0.1) is 5.92 Å². The number of hydrogen-bond acceptors (Lipinski definition) is 9. The maximum atomic E-state index is 13.6. The molecule has 56 heavy (non-hydrogen) atoms. The Morgan fingerprint density at radius 2 is 1.41 bits per heavy atom. The number of nitrogens with one attached hydrogen (secondary N) is 3. The van der Waals surface area contributed by atoms with Gasteiger partial charge >= 0.3 is 18.0 Å². The van der Waals surface area contributed by atoms with E-state index in [9.17, 15) is 29.1 Å². The highest BCUT2D eigenvalue weighted by molar-refractivity contribution is 5.90. The molecule has 12 nitrogen and oxygen atoms in total. The van der Waals surface area contributed by atoms with Crippen molar-refractivity contribution >= 4 is 29.8 Å². The molecule has 3 aromatic carbocycles. The van der Waals surface area contributed by atoms with E-state index in [0.29, 0.717) is 24.8 Å². The normalized spacial score (nSPS) is 15.5. The lowest BCUT2D eigenvalue weighted by Crippen LogP contribution is -2.51. The molecule has 12 heteroatoms. The van der Waals surface area contributed by atoms with Crippen LogP contribution in [0.25, 0.3) is 11.1 Å². The van der Waals surface area contributed by atoms with Gasteiger partial charge in [0, 0.05) is 12.3 Å². The molecule has 0 heterocycles. The summed E-state index contributed by atoms with van der Waals surface area (Å²) >= 11 is 0. The number of amides is 3. The van der Waals surface area contributed by atoms with Gasteiger partial charge < -0.3 is 35.3 Å². The monoisotopic (exact) mass is 765 g/mol. The lowest BCUT2D eigenvalue weighted by molar-refractivity contribution is -0.156. The number of allylic oxidation sites excluding steroid dienone is 2. The third kappa shape index (κ3) is 10.9. The highest BCUT2D eigenvalue weighted by Gasteiger charge is 2.36. The van der Waals surface area contributed by atoms with Gasteiger partial charge in [-0.05, 0) is 59.9 Å². The van der Waals surface area contributed by atoms with Crippen molar-refractivity contribution in [3.8, 4) is 11.1 Å². The Labute approximate surface area is 327 Å². The summed E-state index contributed by atoms with van der Waals surface area (Å²) < 4.78 is 16.7. The van der Waals surface area contributed by atoms with Crippen molar-refractivity contribution in [3.63, 3.8) is 0 Å². The molecule has 0 bridgehead atoms. The molecular weight excluding hydrogens is 714 g/mol. The summed E-state index contributed by atoms with van der Waals surface area (Å²) in [5.74, 6) is -3.89. The van der Waals surface area contributed by atoms with Crippen molar-refractivity contribution in [2.75, 3.05) is 19.8 Å². The SMILES string of the molecule is C=CCC[C@H](NC(=O)OCC1c2ccccc2-c2ccccc21)C(=O)OC[C@@H](NC(=O)[C@@H](CC=C)CC(=O)NC1(CO)CCCC1)C(=O)OCc1ccccc1. The molecular formula is C44H51N3O9. The Kier molecular flexibility index (Phi) is 15.0. The van der Waals surface area contributed by atoms with Crippen LogP contribution in [0.4, 0.5) is 4.79 Å². The van der Waals surface area contributed by atoms with Crippen molar-refractivity contribution in [1.29, 1.82) is 0 Å². The minimum absolute atomic E-state index is 0.0370. The van der Waals surface area contributed by atoms with Crippen LogP contribution in [-0.4, -0.2) is 72.4 Å². The largest absolute Gasteiger partial charge is 0.461 e. The fourth-order valence-corrected chi connectivity index (χ4v) is 7.30. The fourth-order valence-electron chi connectivity index (χ4n) is 7.30. The maximum absolute atomic E-state index is 13.6. The predicted molar refractivity (Wildman–Crippen MR) is 210 cm³/mol. The molecule has 3 aromatic rings. The smallest absolute Gasteiger partial charge is 0.407 e. The molecule has 2 aliphatic carbocycles. The number of aliphatic hydroxyl groups is 1. The molecule has 3 amide bonds. The first-order chi connectivity index (χ1) is 27.2. The van der Waals surface area contributed by atoms with Gasteiger partial charge in [0.25, 0.3) is 0 Å². The number of ether oxygens (including phenoxy) is 3. The minimum atomic E-state index is -1.45. The van der Waals surface area contributed by atoms with Crippen molar-refractivity contribution in [2.45, 2.75) is 81.5 Å². The van der Waals surface area contributed by atoms with Crippen LogP contribution in [0.1, 0.15) is 74.0 Å². The standard InChI is InChI=1S/C44H51N3O9/c1-3-5-22-37(46-43(53)56-27-36-34-20-11-9-18-32(34)33-19-10-12-21-35(33)36)41(51)55-28-38(42(52)54-26-30-16-7-6-8-17-30)45-40(50)31(15-4-2)25-39(49)47-44(29-48)23-13-14-24-44/h3-4,6-12,16-21,31,36-38,48H,1-2,5,13-15,22-29H2,(H,45,50)(H,46,53)(H,47,49)/t31-,37-,38+/m0/s1. The highest BCUT2D eigenvalue weighted by Crippen LogP contribution is 2.44. The van der Waals surface area contributed by atoms with Gasteiger partial charge in [0.1, 0.15) is 25.9 Å². The van der Waals surface area contributed by atoms with Crippen LogP contribution in [0.5, 0.6) is 0 Å². The molecule has 0 radical (unpaired) electrons. The van der Waals surface area contributed by atoms with Gasteiger partial charge in [-0.3, -0.25) is 9.59 Å². The quantitative estimate of drug-likeness (QED) is 0.0647. The van der Waals surface area contributed by atoms with Crippen LogP contribution < -0.4 is 16.0 Å². The van der Waals surface area contributed by atoms with E-state index in [4.69, 9.17) is 14.2 Å². The van der Waals surface area contributed by atoms with E-state index in [1.807, 2.05) is 54.6 Å². The third-order valence-electron chi connectivity index (χ3n) is 10.3. The van der Waals surface area contributed by atoms with E-state index in [1.54, 1.807) is 30.3 Å². The van der Waals surface area contributed by atoms with E-state index >= 15 is 0 Å². The van der Waals surface area contributed by atoms with Crippen LogP contribution in [0.2, 0.25) is 0 Å². The van der Waals surface area contributed by atoms with Gasteiger partial charge in [-0.15, -0.1) is 13.2 Å². The number of alkyl carbamates (subject to hydrolysis) is 1. The molecule has 0 aromatic heterocycles. The van der Waals surface area contributed by atoms with E-state index in [-0.39, 0.29) is 45.0 Å². The average molecular weight is 766 g/mol. The number of fused-ring (bicyclic) bond motifs is 3. The van der Waals surface area contributed by atoms with Gasteiger partial charge in [0.05, 0.1) is 18.1 Å². The Hall–Kier alpha value is -5.75. The summed E-state index contributed by atoms with van der Waals surface area (Å²) in [5.41, 5.74) is 4.20. The van der Waals surface area contributed by atoms with Gasteiger partial charge in [-0.2, -0.15) is 0 Å². The lowest BCUT2D eigenvalue weighted by Gasteiger charge is -2.29. The van der Waals surface area contributed by atoms with Gasteiger partial charge in [0.2, 0.25) is 11.8 Å². The summed E-state index contributed by atoms with van der Waals surface area (Å²) in [6, 6.07) is 22.2. The molecule has 2 aliphatic rings. The number of esters is 2. The topological polar surface area (TPSA) is 169 Å². The summed E-state index contributed by atoms with van der Waals surface area (Å²) in [6.07, 6.45) is 5.67. The second-order valence-electron chi connectivity index (χ2n) is 14.3. The first kappa shape index (κ1) is 41.4. The number of carbonyl (C=O) groups is 5. The van der Waals surface area contributed by atoms with Crippen molar-refractivity contribution in [1.82, 2.24) is 16.0 Å². The highest BCUT2D eigenvalue weighted by atomic mass is 16.6. The zero-order chi connectivity index (χ0) is 39.9. The van der Waals surface area contributed by atoms with Gasteiger partial charge in [-0.25, -0.2) is 14.4 Å². The van der Waals surface area contributed by atoms with Crippen LogP contribution in [-0.2, 0) is 40.0 Å². The van der Waals surface area contributed by atoms with Gasteiger partial charge in [0.15, 0.2) is 6.04 Å². The second-order valence-corrected chi connectivity index (χ2v) is 14.3. The van der Waals surface area contributed by atoms with Crippen LogP contribution in [0.3, 0.4) is 0 Å². The lowest BCUT2D eigenvalue weighted by atomic mass is 9.95. The van der Waals surface area contributed by atoms with Crippen molar-refractivity contribution in [3.05, 3.63) is 121 Å². The minimum Gasteiger partial charge on any atom is -0.461 e. The molecule has 0 spiro atoms. The Morgan fingerprint density at radius 3 is 2.04 bits per heavy atom. The summed E-state index contributed by atoms with van der Waals surface area (Å²) in [7, 11) is 0. The number of aliphatic hydroxyl groups excluding tert-OH is 1. The first-order valence-electron chi connectivity index (χ1n) is 19.1. The third-order valence-corrected chi connectivity index (χ3v) is 10.3. The van der Waals surface area contributed by atoms with E-state index < -0.39 is 60.0 Å². The average Bonchev–Trinajstić information content (AvgIpc) is 3.81. The fraction of sp³-hybridized carbons (Fsp3) is 0.386. The van der Waals surface area contributed by atoms with Crippen molar-refractivity contribution in [2.24, 2.45) is 5.92 Å². The first-order valence-corrected chi connectivity index (χ1v) is 19.1. The number of carbonyl (C=O) groups excluding carboxylic acids is 5. The Morgan fingerprint density at radius 1 is 0.786 bits per heavy atom. The Balaban J connectivity index is 1.23. The molecule has 0 aliphatic heterocycles. The van der Waals surface area contributed by atoms with Crippen LogP contribution in [0.15, 0.2) is 104 Å². The molecule has 5 rings (SSSR count). The molecule has 296 valence electrons. The summed E-state index contributed by atoms with van der Waals surface area (Å²) in [4.78, 5) is 66.8. The van der Waals surface area contributed by atoms with Gasteiger partial charge in [-0.1, -0.05) is 104 Å². The summed E-state index contributed by atoms with van der Waals surface area (Å²) in [6.45, 7) is 6.54. The molecule has 3 atom stereocenters. The zero-order valence-corrected chi connectivity index (χ0v) is 31.6. The molecule has 0 unspecified atom stereocenters. The Bertz CT molecular complexity index is 1810. The molecule has 1 saturated carbocycles. The number of benzene rings is 3. The maximum Gasteiger partial charge on any atom is 0.407 e. The predicted octanol–water partition coefficient (Wildman–Crippen LogP) is 5.64. The number of hydrogen-bond donors (Lipinski definition) is 4.